The second kappa shape index (κ2) is 6.98. The summed E-state index contributed by atoms with van der Waals surface area (Å²) in [7, 11) is 0. The van der Waals surface area contributed by atoms with Gasteiger partial charge in [0.25, 0.3) is 0 Å². The monoisotopic (exact) mass is 226 g/mol. The molecule has 96 valence electrons. The second-order valence-corrected chi connectivity index (χ2v) is 6.04. The van der Waals surface area contributed by atoms with Crippen LogP contribution in [0, 0.1) is 17.3 Å². The standard InChI is InChI=1S/C15H30O/c1-8-15(9-12(2)3,10-13(4)5)11-16-14(6)7/h12-13H,6,8-11H2,1-5,7H3. The number of hydrogen-bond donors (Lipinski definition) is 0. The van der Waals surface area contributed by atoms with Gasteiger partial charge < -0.3 is 4.74 Å². The Morgan fingerprint density at radius 3 is 1.81 bits per heavy atom. The third kappa shape index (κ3) is 6.19. The molecule has 0 bridgehead atoms. The molecule has 0 rings (SSSR count). The predicted molar refractivity (Wildman–Crippen MR) is 72.4 cm³/mol. The first-order valence-electron chi connectivity index (χ1n) is 6.59. The Bertz CT molecular complexity index is 193. The van der Waals surface area contributed by atoms with Crippen LogP contribution in [0.2, 0.25) is 0 Å². The molecule has 0 aliphatic carbocycles. The minimum absolute atomic E-state index is 0.335. The van der Waals surface area contributed by atoms with Crippen LogP contribution >= 0.6 is 0 Å². The molecule has 0 N–H and O–H groups in total. The molecule has 0 amide bonds. The first-order valence-corrected chi connectivity index (χ1v) is 6.59. The fraction of sp³-hybridized carbons (Fsp3) is 0.867. The van der Waals surface area contributed by atoms with Crippen molar-refractivity contribution in [2.75, 3.05) is 6.61 Å². The minimum Gasteiger partial charge on any atom is -0.498 e. The highest BCUT2D eigenvalue weighted by molar-refractivity contribution is 4.83. The van der Waals surface area contributed by atoms with Crippen LogP contribution in [0.25, 0.3) is 0 Å². The maximum Gasteiger partial charge on any atom is 0.0933 e. The topological polar surface area (TPSA) is 9.23 Å². The predicted octanol–water partition coefficient (Wildman–Crippen LogP) is 5.03. The molecule has 0 aromatic rings. The van der Waals surface area contributed by atoms with Crippen LogP contribution in [0.1, 0.15) is 60.8 Å². The smallest absolute Gasteiger partial charge is 0.0933 e. The minimum atomic E-state index is 0.335. The SMILES string of the molecule is C=C(C)OCC(CC)(CC(C)C)CC(C)C. The Morgan fingerprint density at radius 2 is 1.56 bits per heavy atom. The lowest BCUT2D eigenvalue weighted by atomic mass is 9.73. The van der Waals surface area contributed by atoms with Crippen molar-refractivity contribution in [3.05, 3.63) is 12.3 Å². The summed E-state index contributed by atoms with van der Waals surface area (Å²) in [5.74, 6) is 2.30. The molecule has 0 fully saturated rings. The van der Waals surface area contributed by atoms with E-state index >= 15 is 0 Å². The summed E-state index contributed by atoms with van der Waals surface area (Å²) >= 11 is 0. The van der Waals surface area contributed by atoms with Crippen LogP contribution in [0.4, 0.5) is 0 Å². The molecule has 0 aliphatic rings. The van der Waals surface area contributed by atoms with Crippen molar-refractivity contribution in [1.82, 2.24) is 0 Å². The van der Waals surface area contributed by atoms with E-state index < -0.39 is 0 Å². The number of ether oxygens (including phenoxy) is 1. The molecular weight excluding hydrogens is 196 g/mol. The molecule has 16 heavy (non-hydrogen) atoms. The fourth-order valence-corrected chi connectivity index (χ4v) is 2.60. The summed E-state index contributed by atoms with van der Waals surface area (Å²) in [6.45, 7) is 18.1. The number of rotatable bonds is 8. The molecule has 1 nitrogen and oxygen atoms in total. The molecule has 0 aromatic heterocycles. The summed E-state index contributed by atoms with van der Waals surface area (Å²) in [6.07, 6.45) is 3.68. The molecule has 0 radical (unpaired) electrons. The Kier molecular flexibility index (Phi) is 6.78. The van der Waals surface area contributed by atoms with Gasteiger partial charge in [0.05, 0.1) is 12.4 Å². The van der Waals surface area contributed by atoms with Gasteiger partial charge >= 0.3 is 0 Å². The first kappa shape index (κ1) is 15.5. The molecular formula is C15H30O. The van der Waals surface area contributed by atoms with Gasteiger partial charge in [-0.2, -0.15) is 0 Å². The van der Waals surface area contributed by atoms with Crippen molar-refractivity contribution in [1.29, 1.82) is 0 Å². The van der Waals surface area contributed by atoms with Crippen molar-refractivity contribution in [2.45, 2.75) is 60.8 Å². The van der Waals surface area contributed by atoms with Gasteiger partial charge in [-0.3, -0.25) is 0 Å². The zero-order chi connectivity index (χ0) is 12.8. The summed E-state index contributed by atoms with van der Waals surface area (Å²) in [4.78, 5) is 0. The van der Waals surface area contributed by atoms with Gasteiger partial charge in [0.1, 0.15) is 0 Å². The Hall–Kier alpha value is -0.460. The highest BCUT2D eigenvalue weighted by Crippen LogP contribution is 2.37. The summed E-state index contributed by atoms with van der Waals surface area (Å²) in [5, 5.41) is 0. The van der Waals surface area contributed by atoms with E-state index in [1.807, 2.05) is 6.92 Å². The van der Waals surface area contributed by atoms with E-state index in [-0.39, 0.29) is 0 Å². The van der Waals surface area contributed by atoms with Crippen molar-refractivity contribution in [2.24, 2.45) is 17.3 Å². The maximum absolute atomic E-state index is 5.71. The van der Waals surface area contributed by atoms with Crippen LogP contribution < -0.4 is 0 Å². The molecule has 0 spiro atoms. The first-order chi connectivity index (χ1) is 7.31. The van der Waals surface area contributed by atoms with Gasteiger partial charge in [0.2, 0.25) is 0 Å². The van der Waals surface area contributed by atoms with E-state index in [4.69, 9.17) is 4.74 Å². The zero-order valence-electron chi connectivity index (χ0n) is 12.1. The molecule has 0 heterocycles. The van der Waals surface area contributed by atoms with E-state index in [1.54, 1.807) is 0 Å². The molecule has 0 unspecified atom stereocenters. The van der Waals surface area contributed by atoms with Gasteiger partial charge in [-0.1, -0.05) is 41.2 Å². The normalized spacial score (nSPS) is 12.2. The van der Waals surface area contributed by atoms with E-state index in [0.717, 1.165) is 24.2 Å². The van der Waals surface area contributed by atoms with Gasteiger partial charge in [-0.05, 0) is 38.0 Å². The number of allylic oxidation sites excluding steroid dienone is 1. The Morgan fingerprint density at radius 1 is 1.12 bits per heavy atom. The zero-order valence-corrected chi connectivity index (χ0v) is 12.1. The molecule has 0 aliphatic heterocycles. The van der Waals surface area contributed by atoms with Crippen LogP contribution in [-0.4, -0.2) is 6.61 Å². The van der Waals surface area contributed by atoms with Crippen molar-refractivity contribution in [3.63, 3.8) is 0 Å². The van der Waals surface area contributed by atoms with E-state index in [1.165, 1.54) is 19.3 Å². The second-order valence-electron chi connectivity index (χ2n) is 6.04. The van der Waals surface area contributed by atoms with E-state index in [2.05, 4.69) is 41.2 Å². The Labute approximate surface area is 102 Å². The Balaban J connectivity index is 4.59. The average Bonchev–Trinajstić information content (AvgIpc) is 2.12. The molecule has 0 saturated carbocycles. The van der Waals surface area contributed by atoms with Gasteiger partial charge in [0.15, 0.2) is 0 Å². The lowest BCUT2D eigenvalue weighted by molar-refractivity contribution is 0.0503. The molecule has 0 saturated heterocycles. The van der Waals surface area contributed by atoms with E-state index in [0.29, 0.717) is 5.41 Å². The van der Waals surface area contributed by atoms with Crippen molar-refractivity contribution in [3.8, 4) is 0 Å². The molecule has 0 atom stereocenters. The van der Waals surface area contributed by atoms with Gasteiger partial charge in [-0.15, -0.1) is 0 Å². The van der Waals surface area contributed by atoms with Crippen LogP contribution in [-0.2, 0) is 4.74 Å². The summed E-state index contributed by atoms with van der Waals surface area (Å²) in [6, 6.07) is 0. The summed E-state index contributed by atoms with van der Waals surface area (Å²) in [5.41, 5.74) is 0.335. The largest absolute Gasteiger partial charge is 0.498 e. The van der Waals surface area contributed by atoms with Crippen LogP contribution in [0.15, 0.2) is 12.3 Å². The lowest BCUT2D eigenvalue weighted by Crippen LogP contribution is -2.29. The fourth-order valence-electron chi connectivity index (χ4n) is 2.60. The van der Waals surface area contributed by atoms with Crippen LogP contribution in [0.3, 0.4) is 0 Å². The highest BCUT2D eigenvalue weighted by atomic mass is 16.5. The third-order valence-corrected chi connectivity index (χ3v) is 3.06. The van der Waals surface area contributed by atoms with Crippen molar-refractivity contribution >= 4 is 0 Å². The van der Waals surface area contributed by atoms with Crippen molar-refractivity contribution < 1.29 is 4.74 Å². The summed E-state index contributed by atoms with van der Waals surface area (Å²) < 4.78 is 5.71. The lowest BCUT2D eigenvalue weighted by Gasteiger charge is -2.36. The van der Waals surface area contributed by atoms with Gasteiger partial charge in [-0.25, -0.2) is 0 Å². The molecule has 1 heteroatoms. The highest BCUT2D eigenvalue weighted by Gasteiger charge is 2.30. The number of hydrogen-bond acceptors (Lipinski definition) is 1. The van der Waals surface area contributed by atoms with E-state index in [9.17, 15) is 0 Å². The maximum atomic E-state index is 5.71. The molecule has 0 aromatic carbocycles. The third-order valence-electron chi connectivity index (χ3n) is 3.06. The quantitative estimate of drug-likeness (QED) is 0.528. The average molecular weight is 226 g/mol. The van der Waals surface area contributed by atoms with Gasteiger partial charge in [0, 0.05) is 5.41 Å². The van der Waals surface area contributed by atoms with Crippen LogP contribution in [0.5, 0.6) is 0 Å².